The second-order valence-electron chi connectivity index (χ2n) is 6.77. The van der Waals surface area contributed by atoms with Gasteiger partial charge in [0.25, 0.3) is 0 Å². The Morgan fingerprint density at radius 2 is 2.00 bits per heavy atom. The molecule has 1 aliphatic carbocycles. The highest BCUT2D eigenvalue weighted by atomic mass is 16.6. The van der Waals surface area contributed by atoms with Crippen LogP contribution in [0.25, 0.3) is 16.6 Å². The molecule has 0 bridgehead atoms. The number of carbonyl (C=O) groups is 1. The summed E-state index contributed by atoms with van der Waals surface area (Å²) in [7, 11) is 0. The van der Waals surface area contributed by atoms with Gasteiger partial charge in [-0.1, -0.05) is 18.2 Å². The quantitative estimate of drug-likeness (QED) is 0.380. The first-order valence-corrected chi connectivity index (χ1v) is 9.31. The van der Waals surface area contributed by atoms with E-state index in [0.29, 0.717) is 11.3 Å². The molecule has 0 amide bonds. The number of imidazole rings is 1. The van der Waals surface area contributed by atoms with Gasteiger partial charge in [-0.05, 0) is 54.7 Å². The van der Waals surface area contributed by atoms with Crippen LogP contribution in [0.3, 0.4) is 0 Å². The third-order valence-corrected chi connectivity index (χ3v) is 4.82. The fraction of sp³-hybridized carbons (Fsp3) is 0.227. The minimum Gasteiger partial charge on any atom is -0.507 e. The SMILES string of the molecule is N#CC(=C(O)COC(=O)COc1ccc2c(c1)CCC2)c1nc2ccccc2[nH]1. The van der Waals surface area contributed by atoms with Crippen molar-refractivity contribution in [3.8, 4) is 11.8 Å². The lowest BCUT2D eigenvalue weighted by Gasteiger charge is -2.09. The Kier molecular flexibility index (Phi) is 5.16. The summed E-state index contributed by atoms with van der Waals surface area (Å²) in [5.74, 6) is -0.185. The van der Waals surface area contributed by atoms with E-state index in [2.05, 4.69) is 9.97 Å². The van der Waals surface area contributed by atoms with E-state index in [1.54, 1.807) is 6.07 Å². The maximum atomic E-state index is 12.0. The van der Waals surface area contributed by atoms with E-state index in [1.807, 2.05) is 42.5 Å². The Morgan fingerprint density at radius 3 is 2.83 bits per heavy atom. The number of aliphatic hydroxyl groups is 1. The van der Waals surface area contributed by atoms with E-state index < -0.39 is 12.6 Å². The Morgan fingerprint density at radius 1 is 1.17 bits per heavy atom. The summed E-state index contributed by atoms with van der Waals surface area (Å²) in [6, 6.07) is 15.0. The van der Waals surface area contributed by atoms with Crippen molar-refractivity contribution in [3.05, 3.63) is 65.2 Å². The number of carbonyl (C=O) groups excluding carboxylic acids is 1. The van der Waals surface area contributed by atoms with Crippen LogP contribution < -0.4 is 4.74 Å². The van der Waals surface area contributed by atoms with Crippen molar-refractivity contribution in [1.29, 1.82) is 5.26 Å². The number of esters is 1. The molecule has 0 atom stereocenters. The normalized spacial score (nSPS) is 13.5. The number of para-hydroxylation sites is 2. The molecule has 0 unspecified atom stereocenters. The monoisotopic (exact) mass is 389 g/mol. The Balaban J connectivity index is 1.36. The Bertz CT molecular complexity index is 1110. The number of aromatic nitrogens is 2. The number of allylic oxidation sites excluding steroid dienone is 1. The number of aromatic amines is 1. The molecule has 7 heteroatoms. The zero-order valence-corrected chi connectivity index (χ0v) is 15.6. The van der Waals surface area contributed by atoms with Gasteiger partial charge >= 0.3 is 5.97 Å². The van der Waals surface area contributed by atoms with Crippen molar-refractivity contribution in [3.63, 3.8) is 0 Å². The van der Waals surface area contributed by atoms with Gasteiger partial charge in [0.1, 0.15) is 24.0 Å². The minimum atomic E-state index is -0.640. The molecule has 146 valence electrons. The number of aliphatic hydroxyl groups excluding tert-OH is 1. The number of benzene rings is 2. The zero-order chi connectivity index (χ0) is 20.2. The number of hydrogen-bond donors (Lipinski definition) is 2. The predicted molar refractivity (Wildman–Crippen MR) is 106 cm³/mol. The molecular formula is C22H19N3O4. The van der Waals surface area contributed by atoms with E-state index in [4.69, 9.17) is 9.47 Å². The molecule has 1 heterocycles. The number of fused-ring (bicyclic) bond motifs is 2. The van der Waals surface area contributed by atoms with Gasteiger partial charge in [-0.15, -0.1) is 0 Å². The second-order valence-corrected chi connectivity index (χ2v) is 6.77. The highest BCUT2D eigenvalue weighted by Crippen LogP contribution is 2.26. The lowest BCUT2D eigenvalue weighted by atomic mass is 10.1. The van der Waals surface area contributed by atoms with Crippen LogP contribution in [0.4, 0.5) is 0 Å². The molecule has 0 spiro atoms. The molecule has 1 aromatic heterocycles. The zero-order valence-electron chi connectivity index (χ0n) is 15.6. The summed E-state index contributed by atoms with van der Waals surface area (Å²) >= 11 is 0. The third-order valence-electron chi connectivity index (χ3n) is 4.82. The number of rotatable bonds is 6. The molecule has 2 aromatic carbocycles. The molecule has 7 nitrogen and oxygen atoms in total. The van der Waals surface area contributed by atoms with Gasteiger partial charge in [0.05, 0.1) is 11.0 Å². The molecule has 4 rings (SSSR count). The largest absolute Gasteiger partial charge is 0.507 e. The molecule has 29 heavy (non-hydrogen) atoms. The molecule has 0 radical (unpaired) electrons. The first kappa shape index (κ1) is 18.6. The Labute approximate surface area is 167 Å². The van der Waals surface area contributed by atoms with Crippen LogP contribution in [0.5, 0.6) is 5.75 Å². The molecule has 0 saturated carbocycles. The molecule has 0 fully saturated rings. The molecule has 1 aliphatic rings. The molecule has 2 N–H and O–H groups in total. The number of nitrogens with zero attached hydrogens (tertiary/aromatic N) is 2. The predicted octanol–water partition coefficient (Wildman–Crippen LogP) is 3.47. The number of ether oxygens (including phenoxy) is 2. The van der Waals surface area contributed by atoms with E-state index in [0.717, 1.165) is 24.8 Å². The standard InChI is InChI=1S/C22H19N3O4/c23-11-17(22-24-18-6-1-2-7-19(18)25-22)20(26)12-29-21(27)13-28-16-9-8-14-4-3-5-15(14)10-16/h1-2,6-10,26H,3-5,12-13H2,(H,24,25). The van der Waals surface area contributed by atoms with Crippen molar-refractivity contribution in [1.82, 2.24) is 9.97 Å². The molecule has 0 saturated heterocycles. The van der Waals surface area contributed by atoms with Crippen LogP contribution in [-0.2, 0) is 22.4 Å². The van der Waals surface area contributed by atoms with E-state index in [-0.39, 0.29) is 23.8 Å². The van der Waals surface area contributed by atoms with Crippen LogP contribution in [-0.4, -0.2) is 34.3 Å². The second kappa shape index (κ2) is 8.07. The van der Waals surface area contributed by atoms with E-state index >= 15 is 0 Å². The Hall–Kier alpha value is -3.79. The van der Waals surface area contributed by atoms with Gasteiger partial charge in [-0.3, -0.25) is 0 Å². The highest BCUT2D eigenvalue weighted by molar-refractivity contribution is 5.83. The lowest BCUT2D eigenvalue weighted by Crippen LogP contribution is -2.16. The third kappa shape index (κ3) is 4.06. The smallest absolute Gasteiger partial charge is 0.344 e. The van der Waals surface area contributed by atoms with Gasteiger partial charge < -0.3 is 19.6 Å². The van der Waals surface area contributed by atoms with Crippen molar-refractivity contribution in [2.75, 3.05) is 13.2 Å². The molecular weight excluding hydrogens is 370 g/mol. The van der Waals surface area contributed by atoms with Gasteiger partial charge in [-0.25, -0.2) is 9.78 Å². The van der Waals surface area contributed by atoms with Crippen LogP contribution in [0.2, 0.25) is 0 Å². The first-order chi connectivity index (χ1) is 14.1. The number of nitriles is 1. The van der Waals surface area contributed by atoms with Crippen LogP contribution in [0.1, 0.15) is 23.4 Å². The summed E-state index contributed by atoms with van der Waals surface area (Å²) in [5, 5.41) is 19.6. The maximum absolute atomic E-state index is 12.0. The number of H-pyrrole nitrogens is 1. The topological polar surface area (TPSA) is 108 Å². The van der Waals surface area contributed by atoms with Crippen molar-refractivity contribution in [2.45, 2.75) is 19.3 Å². The van der Waals surface area contributed by atoms with Crippen molar-refractivity contribution < 1.29 is 19.4 Å². The van der Waals surface area contributed by atoms with Gasteiger partial charge in [0.2, 0.25) is 0 Å². The molecule has 3 aromatic rings. The number of hydrogen-bond acceptors (Lipinski definition) is 6. The summed E-state index contributed by atoms with van der Waals surface area (Å²) < 4.78 is 10.5. The van der Waals surface area contributed by atoms with Crippen molar-refractivity contribution >= 4 is 22.6 Å². The fourth-order valence-corrected chi connectivity index (χ4v) is 3.37. The van der Waals surface area contributed by atoms with Crippen molar-refractivity contribution in [2.24, 2.45) is 0 Å². The summed E-state index contributed by atoms with van der Waals surface area (Å²) in [5.41, 5.74) is 3.91. The first-order valence-electron chi connectivity index (χ1n) is 9.31. The number of aryl methyl sites for hydroxylation is 2. The lowest BCUT2D eigenvalue weighted by molar-refractivity contribution is -0.145. The average molecular weight is 389 g/mol. The van der Waals surface area contributed by atoms with E-state index in [9.17, 15) is 15.2 Å². The summed E-state index contributed by atoms with van der Waals surface area (Å²) in [6.45, 7) is -0.717. The fourth-order valence-electron chi connectivity index (χ4n) is 3.37. The van der Waals surface area contributed by atoms with Gasteiger partial charge in [0.15, 0.2) is 18.2 Å². The minimum absolute atomic E-state index is 0.0754. The van der Waals surface area contributed by atoms with Crippen LogP contribution in [0, 0.1) is 11.3 Å². The van der Waals surface area contributed by atoms with E-state index in [1.165, 1.54) is 11.1 Å². The van der Waals surface area contributed by atoms with Gasteiger partial charge in [0, 0.05) is 0 Å². The number of nitrogens with one attached hydrogen (secondary N) is 1. The summed E-state index contributed by atoms with van der Waals surface area (Å²) in [4.78, 5) is 19.2. The summed E-state index contributed by atoms with van der Waals surface area (Å²) in [6.07, 6.45) is 3.24. The highest BCUT2D eigenvalue weighted by Gasteiger charge is 2.16. The van der Waals surface area contributed by atoms with Crippen LogP contribution >= 0.6 is 0 Å². The molecule has 0 aliphatic heterocycles. The van der Waals surface area contributed by atoms with Gasteiger partial charge in [-0.2, -0.15) is 5.26 Å². The average Bonchev–Trinajstić information content (AvgIpc) is 3.37. The van der Waals surface area contributed by atoms with Crippen LogP contribution in [0.15, 0.2) is 48.2 Å². The maximum Gasteiger partial charge on any atom is 0.344 e.